The van der Waals surface area contributed by atoms with Crippen LogP contribution in [0.25, 0.3) is 0 Å². The zero-order chi connectivity index (χ0) is 26.5. The molecule has 0 aromatic heterocycles. The van der Waals surface area contributed by atoms with E-state index in [-0.39, 0.29) is 17.3 Å². The van der Waals surface area contributed by atoms with Crippen molar-refractivity contribution in [3.63, 3.8) is 0 Å². The molecule has 2 amide bonds. The van der Waals surface area contributed by atoms with Crippen molar-refractivity contribution >= 4 is 39.1 Å². The minimum Gasteiger partial charge on any atom is -0.357 e. The van der Waals surface area contributed by atoms with Crippen molar-refractivity contribution in [1.29, 1.82) is 0 Å². The summed E-state index contributed by atoms with van der Waals surface area (Å²) in [5.41, 5.74) is 2.82. The van der Waals surface area contributed by atoms with Crippen LogP contribution in [0.1, 0.15) is 23.6 Å². The third-order valence-corrected chi connectivity index (χ3v) is 7.78. The molecule has 0 fully saturated rings. The van der Waals surface area contributed by atoms with E-state index >= 15 is 0 Å². The van der Waals surface area contributed by atoms with Crippen LogP contribution in [0.5, 0.6) is 0 Å². The quantitative estimate of drug-likeness (QED) is 0.449. The van der Waals surface area contributed by atoms with Crippen LogP contribution in [-0.4, -0.2) is 44.8 Å². The highest BCUT2D eigenvalue weighted by atomic mass is 35.5. The Morgan fingerprint density at radius 2 is 1.58 bits per heavy atom. The highest BCUT2D eigenvalue weighted by Crippen LogP contribution is 2.26. The first-order chi connectivity index (χ1) is 17.0. The Morgan fingerprint density at radius 3 is 2.17 bits per heavy atom. The van der Waals surface area contributed by atoms with Gasteiger partial charge in [-0.25, -0.2) is 8.42 Å². The van der Waals surface area contributed by atoms with Crippen molar-refractivity contribution in [3.05, 3.63) is 94.5 Å². The SMILES string of the molecule is CNC(=O)C(C)N(Cc1cccc(Cl)c1)C(=O)CN(c1cc(C)cc(C)c1)S(=O)(=O)c1ccccc1. The predicted molar refractivity (Wildman–Crippen MR) is 142 cm³/mol. The number of rotatable bonds is 9. The Kier molecular flexibility index (Phi) is 8.76. The van der Waals surface area contributed by atoms with Crippen LogP contribution in [0.15, 0.2) is 77.7 Å². The summed E-state index contributed by atoms with van der Waals surface area (Å²) in [6, 6.07) is 19.5. The van der Waals surface area contributed by atoms with Gasteiger partial charge in [0.25, 0.3) is 10.0 Å². The van der Waals surface area contributed by atoms with E-state index in [2.05, 4.69) is 5.32 Å². The van der Waals surface area contributed by atoms with Crippen LogP contribution in [0.4, 0.5) is 5.69 Å². The summed E-state index contributed by atoms with van der Waals surface area (Å²) >= 11 is 6.13. The molecule has 0 bridgehead atoms. The molecule has 0 aliphatic carbocycles. The van der Waals surface area contributed by atoms with Crippen molar-refractivity contribution in [3.8, 4) is 0 Å². The summed E-state index contributed by atoms with van der Waals surface area (Å²) in [6.45, 7) is 4.94. The normalized spacial score (nSPS) is 12.0. The lowest BCUT2D eigenvalue weighted by Gasteiger charge is -2.32. The molecule has 1 N–H and O–H groups in total. The number of sulfonamides is 1. The van der Waals surface area contributed by atoms with Crippen LogP contribution < -0.4 is 9.62 Å². The molecule has 0 heterocycles. The van der Waals surface area contributed by atoms with Crippen LogP contribution in [0.3, 0.4) is 0 Å². The molecule has 1 unspecified atom stereocenters. The molecule has 0 spiro atoms. The van der Waals surface area contributed by atoms with E-state index in [0.29, 0.717) is 10.7 Å². The van der Waals surface area contributed by atoms with E-state index in [1.54, 1.807) is 61.5 Å². The van der Waals surface area contributed by atoms with Gasteiger partial charge in [0, 0.05) is 18.6 Å². The molecule has 0 aliphatic rings. The average molecular weight is 528 g/mol. The molecule has 0 radical (unpaired) electrons. The lowest BCUT2D eigenvalue weighted by Crippen LogP contribution is -2.50. The number of halogens is 1. The van der Waals surface area contributed by atoms with Gasteiger partial charge in [0.2, 0.25) is 11.8 Å². The van der Waals surface area contributed by atoms with E-state index < -0.39 is 28.5 Å². The molecule has 3 aromatic rings. The highest BCUT2D eigenvalue weighted by molar-refractivity contribution is 7.92. The van der Waals surface area contributed by atoms with Gasteiger partial charge < -0.3 is 10.2 Å². The minimum absolute atomic E-state index is 0.0673. The number of likely N-dealkylation sites (N-methyl/N-ethyl adjacent to an activating group) is 1. The lowest BCUT2D eigenvalue weighted by atomic mass is 10.1. The fourth-order valence-corrected chi connectivity index (χ4v) is 5.60. The van der Waals surface area contributed by atoms with E-state index in [0.717, 1.165) is 21.0 Å². The Hall–Kier alpha value is -3.36. The molecule has 7 nitrogen and oxygen atoms in total. The third kappa shape index (κ3) is 6.44. The molecule has 1 atom stereocenters. The van der Waals surface area contributed by atoms with Gasteiger partial charge in [-0.15, -0.1) is 0 Å². The first-order valence-electron chi connectivity index (χ1n) is 11.4. The molecule has 190 valence electrons. The molecule has 36 heavy (non-hydrogen) atoms. The third-order valence-electron chi connectivity index (χ3n) is 5.76. The van der Waals surface area contributed by atoms with E-state index in [4.69, 9.17) is 11.6 Å². The summed E-state index contributed by atoms with van der Waals surface area (Å²) in [5, 5.41) is 3.06. The molecular weight excluding hydrogens is 498 g/mol. The molecule has 9 heteroatoms. The van der Waals surface area contributed by atoms with Crippen molar-refractivity contribution in [2.24, 2.45) is 0 Å². The van der Waals surface area contributed by atoms with Crippen molar-refractivity contribution < 1.29 is 18.0 Å². The molecule has 0 saturated carbocycles. The molecule has 3 rings (SSSR count). The summed E-state index contributed by atoms with van der Waals surface area (Å²) in [4.78, 5) is 27.7. The Morgan fingerprint density at radius 1 is 0.944 bits per heavy atom. The van der Waals surface area contributed by atoms with E-state index in [1.807, 2.05) is 19.9 Å². The van der Waals surface area contributed by atoms with Crippen LogP contribution in [0.2, 0.25) is 5.02 Å². The second-order valence-electron chi connectivity index (χ2n) is 8.61. The van der Waals surface area contributed by atoms with Crippen LogP contribution >= 0.6 is 11.6 Å². The Balaban J connectivity index is 2.06. The van der Waals surface area contributed by atoms with Gasteiger partial charge in [-0.2, -0.15) is 0 Å². The fourth-order valence-electron chi connectivity index (χ4n) is 3.97. The molecule has 3 aromatic carbocycles. The zero-order valence-corrected chi connectivity index (χ0v) is 22.3. The number of benzene rings is 3. The zero-order valence-electron chi connectivity index (χ0n) is 20.7. The number of nitrogens with one attached hydrogen (secondary N) is 1. The first kappa shape index (κ1) is 27.2. The van der Waals surface area contributed by atoms with E-state index in [1.165, 1.54) is 24.1 Å². The standard InChI is InChI=1S/C27H30ClN3O4S/c1-19-13-20(2)15-24(14-19)31(36(34,35)25-11-6-5-7-12-25)18-26(32)30(21(3)27(33)29-4)17-22-9-8-10-23(28)16-22/h5-16,21H,17-18H2,1-4H3,(H,29,33). The number of nitrogens with zero attached hydrogens (tertiary/aromatic N) is 2. The summed E-state index contributed by atoms with van der Waals surface area (Å²) < 4.78 is 28.6. The number of hydrogen-bond donors (Lipinski definition) is 1. The van der Waals surface area contributed by atoms with Gasteiger partial charge in [-0.1, -0.05) is 48.0 Å². The van der Waals surface area contributed by atoms with Crippen molar-refractivity contribution in [2.45, 2.75) is 38.3 Å². The molecule has 0 saturated heterocycles. The van der Waals surface area contributed by atoms with Gasteiger partial charge in [0.15, 0.2) is 0 Å². The largest absolute Gasteiger partial charge is 0.357 e. The van der Waals surface area contributed by atoms with Crippen molar-refractivity contribution in [1.82, 2.24) is 10.2 Å². The van der Waals surface area contributed by atoms with Gasteiger partial charge in [0.05, 0.1) is 10.6 Å². The predicted octanol–water partition coefficient (Wildman–Crippen LogP) is 4.32. The fraction of sp³-hybridized carbons (Fsp3) is 0.259. The number of carbonyl (C=O) groups excluding carboxylic acids is 2. The molecule has 0 aliphatic heterocycles. The second-order valence-corrected chi connectivity index (χ2v) is 10.9. The van der Waals surface area contributed by atoms with Crippen LogP contribution in [-0.2, 0) is 26.2 Å². The summed E-state index contributed by atoms with van der Waals surface area (Å²) in [7, 11) is -2.59. The number of hydrogen-bond acceptors (Lipinski definition) is 4. The van der Waals surface area contributed by atoms with Gasteiger partial charge in [-0.05, 0) is 73.9 Å². The summed E-state index contributed by atoms with van der Waals surface area (Å²) in [5.74, 6) is -0.890. The Bertz CT molecular complexity index is 1330. The first-order valence-corrected chi connectivity index (χ1v) is 13.3. The minimum atomic E-state index is -4.08. The average Bonchev–Trinajstić information content (AvgIpc) is 2.84. The molecular formula is C27H30ClN3O4S. The number of carbonyl (C=O) groups is 2. The van der Waals surface area contributed by atoms with Crippen LogP contribution in [0, 0.1) is 13.8 Å². The van der Waals surface area contributed by atoms with Gasteiger partial charge in [-0.3, -0.25) is 13.9 Å². The summed E-state index contributed by atoms with van der Waals surface area (Å²) in [6.07, 6.45) is 0. The monoisotopic (exact) mass is 527 g/mol. The maximum absolute atomic E-state index is 13.7. The van der Waals surface area contributed by atoms with Gasteiger partial charge >= 0.3 is 0 Å². The lowest BCUT2D eigenvalue weighted by molar-refractivity contribution is -0.139. The maximum Gasteiger partial charge on any atom is 0.264 e. The maximum atomic E-state index is 13.7. The second kappa shape index (κ2) is 11.6. The van der Waals surface area contributed by atoms with E-state index in [9.17, 15) is 18.0 Å². The Labute approximate surface area is 217 Å². The number of amides is 2. The number of anilines is 1. The van der Waals surface area contributed by atoms with Crippen molar-refractivity contribution in [2.75, 3.05) is 17.9 Å². The smallest absolute Gasteiger partial charge is 0.264 e. The van der Waals surface area contributed by atoms with Gasteiger partial charge in [0.1, 0.15) is 12.6 Å². The highest BCUT2D eigenvalue weighted by Gasteiger charge is 2.32. The number of aryl methyl sites for hydroxylation is 2. The topological polar surface area (TPSA) is 86.8 Å².